The first-order chi connectivity index (χ1) is 8.31. The van der Waals surface area contributed by atoms with Gasteiger partial charge in [-0.3, -0.25) is 0 Å². The number of rotatable bonds is 4. The Hall–Kier alpha value is -0.970. The van der Waals surface area contributed by atoms with Gasteiger partial charge in [-0.2, -0.15) is 0 Å². The Balaban J connectivity index is 2.03. The highest BCUT2D eigenvalue weighted by molar-refractivity contribution is 5.21. The summed E-state index contributed by atoms with van der Waals surface area (Å²) in [6, 6.07) is 6.90. The molecule has 1 aromatic rings. The molecule has 4 heteroatoms. The van der Waals surface area contributed by atoms with E-state index in [1.165, 1.54) is 6.07 Å². The second kappa shape index (κ2) is 6.10. The molecular weight excluding hydrogens is 219 g/mol. The quantitative estimate of drug-likeness (QED) is 0.833. The minimum atomic E-state index is -0.157. The summed E-state index contributed by atoms with van der Waals surface area (Å²) in [6.45, 7) is 2.48. The van der Waals surface area contributed by atoms with E-state index >= 15 is 0 Å². The fourth-order valence-corrected chi connectivity index (χ4v) is 2.19. The normalized spacial score (nSPS) is 22.4. The van der Waals surface area contributed by atoms with Crippen molar-refractivity contribution in [3.8, 4) is 0 Å². The molecule has 1 aliphatic rings. The molecule has 1 aromatic carbocycles. The maximum absolute atomic E-state index is 13.7. The largest absolute Gasteiger partial charge is 0.376 e. The van der Waals surface area contributed by atoms with Crippen molar-refractivity contribution in [1.82, 2.24) is 10.6 Å². The Labute approximate surface area is 101 Å². The van der Waals surface area contributed by atoms with Crippen LogP contribution in [0.15, 0.2) is 24.3 Å². The smallest absolute Gasteiger partial charge is 0.127 e. The average Bonchev–Trinajstić information content (AvgIpc) is 2.38. The number of nitrogens with one attached hydrogen (secondary N) is 2. The summed E-state index contributed by atoms with van der Waals surface area (Å²) >= 11 is 0. The Morgan fingerprint density at radius 1 is 1.53 bits per heavy atom. The number of hydrogen-bond donors (Lipinski definition) is 2. The molecule has 0 aromatic heterocycles. The fraction of sp³-hybridized carbons (Fsp3) is 0.538. The zero-order valence-electron chi connectivity index (χ0n) is 10.1. The van der Waals surface area contributed by atoms with E-state index in [2.05, 4.69) is 10.6 Å². The summed E-state index contributed by atoms with van der Waals surface area (Å²) in [5, 5.41) is 6.44. The number of halogens is 1. The van der Waals surface area contributed by atoms with Gasteiger partial charge in [0.15, 0.2) is 0 Å². The standard InChI is InChI=1S/C13H19FN2O/c1-15-13(8-10-9-16-6-7-17-10)11-4-2-3-5-12(11)14/h2-5,10,13,15-16H,6-9H2,1H3. The van der Waals surface area contributed by atoms with Crippen LogP contribution in [-0.2, 0) is 4.74 Å². The maximum atomic E-state index is 13.7. The van der Waals surface area contributed by atoms with Gasteiger partial charge < -0.3 is 15.4 Å². The van der Waals surface area contributed by atoms with E-state index in [9.17, 15) is 4.39 Å². The third-order valence-corrected chi connectivity index (χ3v) is 3.13. The van der Waals surface area contributed by atoms with Crippen molar-refractivity contribution in [3.05, 3.63) is 35.6 Å². The summed E-state index contributed by atoms with van der Waals surface area (Å²) in [4.78, 5) is 0. The van der Waals surface area contributed by atoms with Crippen molar-refractivity contribution in [3.63, 3.8) is 0 Å². The number of hydrogen-bond acceptors (Lipinski definition) is 3. The highest BCUT2D eigenvalue weighted by atomic mass is 19.1. The number of morpholine rings is 1. The summed E-state index contributed by atoms with van der Waals surface area (Å²) in [5.41, 5.74) is 0.712. The van der Waals surface area contributed by atoms with Crippen LogP contribution in [0.1, 0.15) is 18.0 Å². The first-order valence-electron chi connectivity index (χ1n) is 6.05. The van der Waals surface area contributed by atoms with Gasteiger partial charge in [0.25, 0.3) is 0 Å². The Kier molecular flexibility index (Phi) is 4.48. The molecule has 2 N–H and O–H groups in total. The maximum Gasteiger partial charge on any atom is 0.127 e. The molecule has 0 saturated carbocycles. The molecule has 0 aliphatic carbocycles. The predicted octanol–water partition coefficient (Wildman–Crippen LogP) is 1.46. The fourth-order valence-electron chi connectivity index (χ4n) is 2.19. The lowest BCUT2D eigenvalue weighted by molar-refractivity contribution is 0.0174. The van der Waals surface area contributed by atoms with Crippen LogP contribution >= 0.6 is 0 Å². The van der Waals surface area contributed by atoms with E-state index in [-0.39, 0.29) is 18.0 Å². The van der Waals surface area contributed by atoms with Crippen molar-refractivity contribution in [2.45, 2.75) is 18.6 Å². The molecule has 0 spiro atoms. The van der Waals surface area contributed by atoms with Crippen LogP contribution in [0.2, 0.25) is 0 Å². The van der Waals surface area contributed by atoms with Gasteiger partial charge in [0.1, 0.15) is 5.82 Å². The predicted molar refractivity (Wildman–Crippen MR) is 65.4 cm³/mol. The van der Waals surface area contributed by atoms with E-state index < -0.39 is 0 Å². The molecule has 3 nitrogen and oxygen atoms in total. The van der Waals surface area contributed by atoms with E-state index in [0.717, 1.165) is 26.1 Å². The van der Waals surface area contributed by atoms with Crippen molar-refractivity contribution in [2.75, 3.05) is 26.7 Å². The molecule has 17 heavy (non-hydrogen) atoms. The molecule has 1 fully saturated rings. The van der Waals surface area contributed by atoms with Crippen LogP contribution in [0.25, 0.3) is 0 Å². The van der Waals surface area contributed by atoms with Gasteiger partial charge in [0, 0.05) is 24.7 Å². The molecule has 1 aliphatic heterocycles. The van der Waals surface area contributed by atoms with Gasteiger partial charge in [0.05, 0.1) is 12.7 Å². The van der Waals surface area contributed by atoms with Gasteiger partial charge in [-0.1, -0.05) is 18.2 Å². The van der Waals surface area contributed by atoms with Gasteiger partial charge in [-0.05, 0) is 19.5 Å². The third-order valence-electron chi connectivity index (χ3n) is 3.13. The molecule has 0 amide bonds. The summed E-state index contributed by atoms with van der Waals surface area (Å²) in [5.74, 6) is -0.157. The molecule has 1 heterocycles. The molecule has 2 unspecified atom stereocenters. The third kappa shape index (κ3) is 3.25. The van der Waals surface area contributed by atoms with Crippen molar-refractivity contribution >= 4 is 0 Å². The average molecular weight is 238 g/mol. The monoisotopic (exact) mass is 238 g/mol. The molecular formula is C13H19FN2O. The van der Waals surface area contributed by atoms with E-state index in [1.54, 1.807) is 6.07 Å². The van der Waals surface area contributed by atoms with E-state index in [0.29, 0.717) is 5.56 Å². The van der Waals surface area contributed by atoms with Crippen molar-refractivity contribution in [2.24, 2.45) is 0 Å². The molecule has 2 rings (SSSR count). The van der Waals surface area contributed by atoms with E-state index in [1.807, 2.05) is 19.2 Å². The zero-order chi connectivity index (χ0) is 12.1. The summed E-state index contributed by atoms with van der Waals surface area (Å²) < 4.78 is 19.3. The van der Waals surface area contributed by atoms with Crippen molar-refractivity contribution in [1.29, 1.82) is 0 Å². The minimum absolute atomic E-state index is 0.00102. The minimum Gasteiger partial charge on any atom is -0.376 e. The molecule has 0 radical (unpaired) electrons. The summed E-state index contributed by atoms with van der Waals surface area (Å²) in [7, 11) is 1.85. The van der Waals surface area contributed by atoms with Gasteiger partial charge in [-0.25, -0.2) is 4.39 Å². The van der Waals surface area contributed by atoms with Gasteiger partial charge >= 0.3 is 0 Å². The molecule has 1 saturated heterocycles. The lowest BCUT2D eigenvalue weighted by atomic mass is 9.99. The zero-order valence-corrected chi connectivity index (χ0v) is 10.1. The lowest BCUT2D eigenvalue weighted by Gasteiger charge is -2.27. The second-order valence-corrected chi connectivity index (χ2v) is 4.30. The van der Waals surface area contributed by atoms with Crippen LogP contribution in [0.3, 0.4) is 0 Å². The number of ether oxygens (including phenoxy) is 1. The van der Waals surface area contributed by atoms with Gasteiger partial charge in [-0.15, -0.1) is 0 Å². The van der Waals surface area contributed by atoms with Crippen LogP contribution in [-0.4, -0.2) is 32.8 Å². The first-order valence-corrected chi connectivity index (χ1v) is 6.05. The Morgan fingerprint density at radius 2 is 2.35 bits per heavy atom. The topological polar surface area (TPSA) is 33.3 Å². The summed E-state index contributed by atoms with van der Waals surface area (Å²) in [6.07, 6.45) is 0.936. The molecule has 2 atom stereocenters. The van der Waals surface area contributed by atoms with E-state index in [4.69, 9.17) is 4.74 Å². The van der Waals surface area contributed by atoms with Gasteiger partial charge in [0.2, 0.25) is 0 Å². The Morgan fingerprint density at radius 3 is 3.00 bits per heavy atom. The highest BCUT2D eigenvalue weighted by Gasteiger charge is 2.21. The molecule has 0 bridgehead atoms. The van der Waals surface area contributed by atoms with Crippen LogP contribution in [0.5, 0.6) is 0 Å². The number of benzene rings is 1. The van der Waals surface area contributed by atoms with Crippen LogP contribution < -0.4 is 10.6 Å². The SMILES string of the molecule is CNC(CC1CNCCO1)c1ccccc1F. The van der Waals surface area contributed by atoms with Crippen LogP contribution in [0.4, 0.5) is 4.39 Å². The van der Waals surface area contributed by atoms with Crippen LogP contribution in [0, 0.1) is 5.82 Å². The highest BCUT2D eigenvalue weighted by Crippen LogP contribution is 2.22. The van der Waals surface area contributed by atoms with Crippen molar-refractivity contribution < 1.29 is 9.13 Å². The second-order valence-electron chi connectivity index (χ2n) is 4.30. The Bertz CT molecular complexity index is 353. The molecule has 94 valence electrons. The first kappa shape index (κ1) is 12.5. The lowest BCUT2D eigenvalue weighted by Crippen LogP contribution is -2.40.